The summed E-state index contributed by atoms with van der Waals surface area (Å²) in [5.41, 5.74) is 3.56. The number of amides is 1. The van der Waals surface area contributed by atoms with E-state index in [4.69, 9.17) is 0 Å². The lowest BCUT2D eigenvalue weighted by Crippen LogP contribution is -2.23. The second-order valence-corrected chi connectivity index (χ2v) is 6.61. The van der Waals surface area contributed by atoms with Crippen LogP contribution < -0.4 is 5.32 Å². The van der Waals surface area contributed by atoms with Gasteiger partial charge in [-0.2, -0.15) is 11.3 Å². The fraction of sp³-hybridized carbons (Fsp3) is 0.263. The third-order valence-electron chi connectivity index (χ3n) is 3.98. The average molecular weight is 339 g/mol. The molecule has 0 radical (unpaired) electrons. The summed E-state index contributed by atoms with van der Waals surface area (Å²) in [6.07, 6.45) is 5.13. The fourth-order valence-corrected chi connectivity index (χ4v) is 3.29. The Labute approximate surface area is 146 Å². The van der Waals surface area contributed by atoms with Crippen LogP contribution in [0.15, 0.2) is 53.5 Å². The highest BCUT2D eigenvalue weighted by Crippen LogP contribution is 2.10. The van der Waals surface area contributed by atoms with Crippen molar-refractivity contribution in [1.29, 1.82) is 0 Å². The van der Waals surface area contributed by atoms with Crippen LogP contribution in [0.5, 0.6) is 0 Å². The van der Waals surface area contributed by atoms with E-state index in [1.807, 2.05) is 36.8 Å². The summed E-state index contributed by atoms with van der Waals surface area (Å²) < 4.78 is 2.11. The number of benzene rings is 1. The first-order valence-electron chi connectivity index (χ1n) is 8.04. The van der Waals surface area contributed by atoms with Crippen molar-refractivity contribution in [2.24, 2.45) is 0 Å². The van der Waals surface area contributed by atoms with Crippen LogP contribution in [-0.4, -0.2) is 15.5 Å². The van der Waals surface area contributed by atoms with Crippen LogP contribution >= 0.6 is 11.3 Å². The molecule has 1 N–H and O–H groups in total. The third kappa shape index (κ3) is 4.55. The van der Waals surface area contributed by atoms with Gasteiger partial charge in [-0.05, 0) is 46.9 Å². The van der Waals surface area contributed by atoms with Gasteiger partial charge in [-0.3, -0.25) is 4.79 Å². The molecule has 5 heteroatoms. The SMILES string of the molecule is Cc1nccn1Cc1cccc(CNC(=O)CCc2ccsc2)c1. The zero-order valence-corrected chi connectivity index (χ0v) is 14.6. The van der Waals surface area contributed by atoms with Crippen molar-refractivity contribution in [1.82, 2.24) is 14.9 Å². The van der Waals surface area contributed by atoms with Gasteiger partial charge in [0.25, 0.3) is 0 Å². The third-order valence-corrected chi connectivity index (χ3v) is 4.71. The van der Waals surface area contributed by atoms with Crippen LogP contribution in [-0.2, 0) is 24.3 Å². The Balaban J connectivity index is 1.51. The second-order valence-electron chi connectivity index (χ2n) is 5.83. The molecular formula is C19H21N3OS. The van der Waals surface area contributed by atoms with Crippen LogP contribution in [0.25, 0.3) is 0 Å². The van der Waals surface area contributed by atoms with Crippen LogP contribution in [0, 0.1) is 6.92 Å². The lowest BCUT2D eigenvalue weighted by molar-refractivity contribution is -0.121. The minimum absolute atomic E-state index is 0.0945. The number of carbonyl (C=O) groups excluding carboxylic acids is 1. The molecule has 4 nitrogen and oxygen atoms in total. The van der Waals surface area contributed by atoms with Crippen LogP contribution in [0.1, 0.15) is 28.9 Å². The van der Waals surface area contributed by atoms with E-state index in [-0.39, 0.29) is 5.91 Å². The first-order chi connectivity index (χ1) is 11.7. The molecule has 1 amide bonds. The molecule has 0 aliphatic heterocycles. The number of imidazole rings is 1. The predicted molar refractivity (Wildman–Crippen MR) is 97.0 cm³/mol. The number of aromatic nitrogens is 2. The van der Waals surface area contributed by atoms with Crippen molar-refractivity contribution < 1.29 is 4.79 Å². The maximum absolute atomic E-state index is 12.0. The molecule has 0 aliphatic rings. The lowest BCUT2D eigenvalue weighted by Gasteiger charge is -2.09. The number of nitrogens with zero attached hydrogens (tertiary/aromatic N) is 2. The van der Waals surface area contributed by atoms with Crippen LogP contribution in [0.4, 0.5) is 0 Å². The number of hydrogen-bond donors (Lipinski definition) is 1. The van der Waals surface area contributed by atoms with Gasteiger partial charge in [0, 0.05) is 31.9 Å². The van der Waals surface area contributed by atoms with Gasteiger partial charge in [-0.1, -0.05) is 24.3 Å². The van der Waals surface area contributed by atoms with Gasteiger partial charge in [0.1, 0.15) is 5.82 Å². The Morgan fingerprint density at radius 3 is 2.88 bits per heavy atom. The van der Waals surface area contributed by atoms with Crippen LogP contribution in [0.3, 0.4) is 0 Å². The Morgan fingerprint density at radius 1 is 1.25 bits per heavy atom. The summed E-state index contributed by atoms with van der Waals surface area (Å²) in [6.45, 7) is 3.36. The molecule has 1 aromatic carbocycles. The molecular weight excluding hydrogens is 318 g/mol. The summed E-state index contributed by atoms with van der Waals surface area (Å²) in [4.78, 5) is 16.2. The monoisotopic (exact) mass is 339 g/mol. The van der Waals surface area contributed by atoms with E-state index in [2.05, 4.69) is 38.4 Å². The highest BCUT2D eigenvalue weighted by Gasteiger charge is 2.04. The normalized spacial score (nSPS) is 10.7. The first-order valence-corrected chi connectivity index (χ1v) is 8.98. The molecule has 0 atom stereocenters. The summed E-state index contributed by atoms with van der Waals surface area (Å²) in [7, 11) is 0. The standard InChI is InChI=1S/C19H21N3OS/c1-15-20-8-9-22(15)13-18-4-2-3-17(11-18)12-21-19(23)6-5-16-7-10-24-14-16/h2-4,7-11,14H,5-6,12-13H2,1H3,(H,21,23). The first kappa shape index (κ1) is 16.5. The van der Waals surface area contributed by atoms with Gasteiger partial charge in [0.05, 0.1) is 0 Å². The molecule has 3 rings (SSSR count). The van der Waals surface area contributed by atoms with Gasteiger partial charge >= 0.3 is 0 Å². The molecule has 2 heterocycles. The molecule has 2 aromatic heterocycles. The lowest BCUT2D eigenvalue weighted by atomic mass is 10.1. The van der Waals surface area contributed by atoms with Crippen molar-refractivity contribution in [3.8, 4) is 0 Å². The number of hydrogen-bond acceptors (Lipinski definition) is 3. The molecule has 0 fully saturated rings. The topological polar surface area (TPSA) is 46.9 Å². The fourth-order valence-electron chi connectivity index (χ4n) is 2.59. The average Bonchev–Trinajstić information content (AvgIpc) is 3.24. The zero-order valence-electron chi connectivity index (χ0n) is 13.7. The van der Waals surface area contributed by atoms with Gasteiger partial charge < -0.3 is 9.88 Å². The Morgan fingerprint density at radius 2 is 2.12 bits per heavy atom. The predicted octanol–water partition coefficient (Wildman–Crippen LogP) is 3.55. The van der Waals surface area contributed by atoms with Gasteiger partial charge in [-0.25, -0.2) is 4.98 Å². The minimum Gasteiger partial charge on any atom is -0.352 e. The van der Waals surface area contributed by atoms with E-state index in [1.165, 1.54) is 11.1 Å². The molecule has 0 spiro atoms. The van der Waals surface area contributed by atoms with E-state index in [1.54, 1.807) is 11.3 Å². The summed E-state index contributed by atoms with van der Waals surface area (Å²) in [5.74, 6) is 1.10. The zero-order chi connectivity index (χ0) is 16.8. The van der Waals surface area contributed by atoms with E-state index in [0.717, 1.165) is 24.4 Å². The Kier molecular flexibility index (Phi) is 5.43. The van der Waals surface area contributed by atoms with Gasteiger partial charge in [0.15, 0.2) is 0 Å². The molecule has 0 saturated heterocycles. The molecule has 124 valence electrons. The number of carbonyl (C=O) groups is 1. The summed E-state index contributed by atoms with van der Waals surface area (Å²) in [6, 6.07) is 10.4. The second kappa shape index (κ2) is 7.93. The smallest absolute Gasteiger partial charge is 0.220 e. The van der Waals surface area contributed by atoms with E-state index >= 15 is 0 Å². The molecule has 0 bridgehead atoms. The number of nitrogens with one attached hydrogen (secondary N) is 1. The van der Waals surface area contributed by atoms with Crippen molar-refractivity contribution in [2.45, 2.75) is 32.9 Å². The highest BCUT2D eigenvalue weighted by atomic mass is 32.1. The Hall–Kier alpha value is -2.40. The largest absolute Gasteiger partial charge is 0.352 e. The van der Waals surface area contributed by atoms with Crippen molar-refractivity contribution in [2.75, 3.05) is 0 Å². The van der Waals surface area contributed by atoms with Crippen molar-refractivity contribution in [3.63, 3.8) is 0 Å². The maximum atomic E-state index is 12.0. The Bertz CT molecular complexity index is 793. The number of aryl methyl sites for hydroxylation is 2. The molecule has 24 heavy (non-hydrogen) atoms. The molecule has 3 aromatic rings. The van der Waals surface area contributed by atoms with E-state index in [9.17, 15) is 4.79 Å². The quantitative estimate of drug-likeness (QED) is 0.715. The van der Waals surface area contributed by atoms with Gasteiger partial charge in [-0.15, -0.1) is 0 Å². The molecule has 0 saturated carbocycles. The summed E-state index contributed by atoms with van der Waals surface area (Å²) >= 11 is 1.67. The van der Waals surface area contributed by atoms with Crippen molar-refractivity contribution in [3.05, 3.63) is 76.0 Å². The van der Waals surface area contributed by atoms with Gasteiger partial charge in [0.2, 0.25) is 5.91 Å². The number of thiophene rings is 1. The minimum atomic E-state index is 0.0945. The molecule has 0 aliphatic carbocycles. The van der Waals surface area contributed by atoms with E-state index < -0.39 is 0 Å². The summed E-state index contributed by atoms with van der Waals surface area (Å²) in [5, 5.41) is 7.14. The molecule has 0 unspecified atom stereocenters. The maximum Gasteiger partial charge on any atom is 0.220 e. The van der Waals surface area contributed by atoms with E-state index in [0.29, 0.717) is 13.0 Å². The van der Waals surface area contributed by atoms with Crippen LogP contribution in [0.2, 0.25) is 0 Å². The highest BCUT2D eigenvalue weighted by molar-refractivity contribution is 7.07. The van der Waals surface area contributed by atoms with Crippen molar-refractivity contribution >= 4 is 17.2 Å². The number of rotatable bonds is 7.